The molecule has 1 aromatic heterocycles. The molecule has 0 spiro atoms. The number of pyridine rings is 1. The number of ether oxygens (including phenoxy) is 1. The van der Waals surface area contributed by atoms with Gasteiger partial charge in [-0.25, -0.2) is 4.98 Å². The number of nitrogens with zero attached hydrogens (tertiary/aromatic N) is 1. The van der Waals surface area contributed by atoms with Crippen molar-refractivity contribution in [2.75, 3.05) is 6.61 Å². The summed E-state index contributed by atoms with van der Waals surface area (Å²) in [5.74, 6) is -20.1. The van der Waals surface area contributed by atoms with Crippen molar-refractivity contribution in [3.8, 4) is 5.88 Å². The van der Waals surface area contributed by atoms with Crippen molar-refractivity contribution in [2.24, 2.45) is 0 Å². The Balaban J connectivity index is 3.00. The summed E-state index contributed by atoms with van der Waals surface area (Å²) < 4.78 is 117. The SMILES string of the molecule is FC(F)(F)C(F)(F)C(F)(F)C(F)(F)COc1ncccc1Br. The lowest BCUT2D eigenvalue weighted by Gasteiger charge is -2.33. The number of alkyl halides is 9. The number of aromatic nitrogens is 1. The van der Waals surface area contributed by atoms with E-state index in [1.165, 1.54) is 12.1 Å². The van der Waals surface area contributed by atoms with Crippen molar-refractivity contribution in [3.05, 3.63) is 22.8 Å². The summed E-state index contributed by atoms with van der Waals surface area (Å²) in [5, 5.41) is 0. The fraction of sp³-hybridized carbons (Fsp3) is 0.500. The van der Waals surface area contributed by atoms with Crippen molar-refractivity contribution < 1.29 is 44.3 Å². The summed E-state index contributed by atoms with van der Waals surface area (Å²) in [6, 6.07) is 2.49. The van der Waals surface area contributed by atoms with Crippen molar-refractivity contribution in [1.82, 2.24) is 4.98 Å². The van der Waals surface area contributed by atoms with Gasteiger partial charge in [-0.1, -0.05) is 0 Å². The molecule has 0 aliphatic heterocycles. The van der Waals surface area contributed by atoms with Gasteiger partial charge in [0, 0.05) is 6.20 Å². The zero-order valence-corrected chi connectivity index (χ0v) is 11.7. The zero-order valence-electron chi connectivity index (χ0n) is 10.1. The average Bonchev–Trinajstić information content (AvgIpc) is 2.36. The predicted octanol–water partition coefficient (Wildman–Crippen LogP) is 4.69. The lowest BCUT2D eigenvalue weighted by atomic mass is 10.0. The van der Waals surface area contributed by atoms with Crippen molar-refractivity contribution >= 4 is 15.9 Å². The molecule has 0 amide bonds. The first-order chi connectivity index (χ1) is 9.74. The van der Waals surface area contributed by atoms with Gasteiger partial charge in [0.2, 0.25) is 5.88 Å². The van der Waals surface area contributed by atoms with Crippen LogP contribution in [0.2, 0.25) is 0 Å². The highest BCUT2D eigenvalue weighted by Crippen LogP contribution is 2.53. The van der Waals surface area contributed by atoms with Crippen LogP contribution < -0.4 is 4.74 Å². The Kier molecular flexibility index (Phi) is 4.95. The normalized spacial score (nSPS) is 14.1. The molecule has 0 unspecified atom stereocenters. The van der Waals surface area contributed by atoms with Crippen LogP contribution >= 0.6 is 15.9 Å². The largest absolute Gasteiger partial charge is 0.470 e. The van der Waals surface area contributed by atoms with E-state index >= 15 is 0 Å². The van der Waals surface area contributed by atoms with Crippen LogP contribution in [-0.4, -0.2) is 35.5 Å². The van der Waals surface area contributed by atoms with E-state index in [2.05, 4.69) is 25.7 Å². The van der Waals surface area contributed by atoms with E-state index in [-0.39, 0.29) is 4.47 Å². The van der Waals surface area contributed by atoms with E-state index in [4.69, 9.17) is 0 Å². The van der Waals surface area contributed by atoms with Gasteiger partial charge in [-0.05, 0) is 28.1 Å². The van der Waals surface area contributed by atoms with Crippen LogP contribution in [0.3, 0.4) is 0 Å². The fourth-order valence-corrected chi connectivity index (χ4v) is 1.50. The highest BCUT2D eigenvalue weighted by Gasteiger charge is 2.81. The topological polar surface area (TPSA) is 22.1 Å². The Labute approximate surface area is 125 Å². The molecule has 0 N–H and O–H groups in total. The molecule has 1 rings (SSSR count). The minimum atomic E-state index is -6.94. The van der Waals surface area contributed by atoms with Gasteiger partial charge in [0.05, 0.1) is 4.47 Å². The van der Waals surface area contributed by atoms with E-state index in [0.717, 1.165) is 6.20 Å². The smallest absolute Gasteiger partial charge is 0.460 e. The second-order valence-corrected chi connectivity index (χ2v) is 4.78. The highest BCUT2D eigenvalue weighted by molar-refractivity contribution is 9.10. The summed E-state index contributed by atoms with van der Waals surface area (Å²) in [4.78, 5) is 3.32. The maximum Gasteiger partial charge on any atom is 0.460 e. The second-order valence-electron chi connectivity index (χ2n) is 3.93. The third kappa shape index (κ3) is 3.25. The van der Waals surface area contributed by atoms with Gasteiger partial charge >= 0.3 is 23.9 Å². The lowest BCUT2D eigenvalue weighted by Crippen LogP contribution is -2.62. The number of hydrogen-bond donors (Lipinski definition) is 0. The average molecular weight is 406 g/mol. The van der Waals surface area contributed by atoms with Crippen LogP contribution in [0.5, 0.6) is 5.88 Å². The molecule has 0 fully saturated rings. The zero-order chi connectivity index (χ0) is 17.4. The molecule has 1 heterocycles. The van der Waals surface area contributed by atoms with Crippen LogP contribution in [0.4, 0.5) is 39.5 Å². The second kappa shape index (κ2) is 5.78. The third-order valence-corrected chi connectivity index (χ3v) is 2.93. The van der Waals surface area contributed by atoms with Crippen molar-refractivity contribution in [3.63, 3.8) is 0 Å². The molecule has 12 heteroatoms. The Morgan fingerprint density at radius 1 is 0.955 bits per heavy atom. The van der Waals surface area contributed by atoms with Gasteiger partial charge < -0.3 is 4.74 Å². The van der Waals surface area contributed by atoms with Gasteiger partial charge in [-0.2, -0.15) is 39.5 Å². The highest BCUT2D eigenvalue weighted by atomic mass is 79.9. The molecule has 22 heavy (non-hydrogen) atoms. The molecule has 0 atom stereocenters. The standard InChI is InChI=1S/C10H5BrF9NO/c11-5-2-1-3-21-6(5)22-4-7(12,13)8(14,15)9(16,17)10(18,19)20/h1-3H,4H2. The summed E-state index contributed by atoms with van der Waals surface area (Å²) in [6.07, 6.45) is -5.85. The van der Waals surface area contributed by atoms with E-state index in [1.54, 1.807) is 0 Å². The van der Waals surface area contributed by atoms with Gasteiger partial charge in [0.1, 0.15) is 0 Å². The number of rotatable bonds is 5. The van der Waals surface area contributed by atoms with Crippen molar-refractivity contribution in [1.29, 1.82) is 0 Å². The molecule has 126 valence electrons. The van der Waals surface area contributed by atoms with Crippen LogP contribution in [0.25, 0.3) is 0 Å². The van der Waals surface area contributed by atoms with Gasteiger partial charge in [0.15, 0.2) is 6.61 Å². The quantitative estimate of drug-likeness (QED) is 0.663. The van der Waals surface area contributed by atoms with Gasteiger partial charge in [-0.15, -0.1) is 0 Å². The Bertz CT molecular complexity index is 531. The maximum absolute atomic E-state index is 13.1. The van der Waals surface area contributed by atoms with Crippen molar-refractivity contribution in [2.45, 2.75) is 23.9 Å². The molecular weight excluding hydrogens is 401 g/mol. The van der Waals surface area contributed by atoms with Crippen LogP contribution in [-0.2, 0) is 0 Å². The summed E-state index contributed by atoms with van der Waals surface area (Å²) >= 11 is 2.74. The van der Waals surface area contributed by atoms with Crippen LogP contribution in [0.15, 0.2) is 22.8 Å². The molecule has 0 aliphatic rings. The fourth-order valence-electron chi connectivity index (χ4n) is 1.13. The molecule has 2 nitrogen and oxygen atoms in total. The van der Waals surface area contributed by atoms with Gasteiger partial charge in [-0.3, -0.25) is 0 Å². The first kappa shape index (κ1) is 18.8. The third-order valence-electron chi connectivity index (χ3n) is 2.32. The minimum absolute atomic E-state index is 0.0864. The molecule has 0 saturated carbocycles. The van der Waals surface area contributed by atoms with Crippen LogP contribution in [0, 0.1) is 0 Å². The predicted molar refractivity (Wildman–Crippen MR) is 58.3 cm³/mol. The first-order valence-corrected chi connectivity index (χ1v) is 5.97. The number of hydrogen-bond acceptors (Lipinski definition) is 2. The molecular formula is C10H5BrF9NO. The molecule has 0 saturated heterocycles. The van der Waals surface area contributed by atoms with E-state index in [0.29, 0.717) is 0 Å². The van der Waals surface area contributed by atoms with E-state index in [9.17, 15) is 39.5 Å². The molecule has 0 radical (unpaired) electrons. The summed E-state index contributed by atoms with van der Waals surface area (Å²) in [7, 11) is 0. The molecule has 0 aliphatic carbocycles. The lowest BCUT2D eigenvalue weighted by molar-refractivity contribution is -0.398. The van der Waals surface area contributed by atoms with E-state index in [1.807, 2.05) is 0 Å². The molecule has 0 bridgehead atoms. The molecule has 1 aromatic rings. The minimum Gasteiger partial charge on any atom is -0.470 e. The maximum atomic E-state index is 13.1. The Morgan fingerprint density at radius 3 is 1.95 bits per heavy atom. The van der Waals surface area contributed by atoms with E-state index < -0.39 is 36.4 Å². The summed E-state index contributed by atoms with van der Waals surface area (Å²) in [5.41, 5.74) is 0. The monoisotopic (exact) mass is 405 g/mol. The first-order valence-electron chi connectivity index (χ1n) is 5.17. The van der Waals surface area contributed by atoms with Gasteiger partial charge in [0.25, 0.3) is 0 Å². The van der Waals surface area contributed by atoms with Crippen LogP contribution in [0.1, 0.15) is 0 Å². The number of halogens is 10. The Hall–Kier alpha value is -1.20. The Morgan fingerprint density at radius 2 is 1.50 bits per heavy atom. The summed E-state index contributed by atoms with van der Waals surface area (Å²) in [6.45, 7) is -2.43. The molecule has 0 aromatic carbocycles.